The van der Waals surface area contributed by atoms with Crippen LogP contribution in [0.3, 0.4) is 0 Å². The van der Waals surface area contributed by atoms with Crippen LogP contribution in [-0.4, -0.2) is 24.6 Å². The van der Waals surface area contributed by atoms with Crippen LogP contribution in [0.4, 0.5) is 5.69 Å². The summed E-state index contributed by atoms with van der Waals surface area (Å²) in [5.74, 6) is -0.279. The Balaban J connectivity index is 1.35. The molecular formula is C29H23N3O5S. The first kappa shape index (κ1) is 24.9. The minimum absolute atomic E-state index is 0.0316. The number of benzene rings is 4. The van der Waals surface area contributed by atoms with Gasteiger partial charge in [-0.3, -0.25) is 4.31 Å². The molecule has 0 bridgehead atoms. The number of carbonyl (C=O) groups excluding carboxylic acids is 1. The Morgan fingerprint density at radius 2 is 1.45 bits per heavy atom. The highest BCUT2D eigenvalue weighted by molar-refractivity contribution is 7.92. The summed E-state index contributed by atoms with van der Waals surface area (Å²) in [7, 11) is -4.02. The van der Waals surface area contributed by atoms with Crippen molar-refractivity contribution < 1.29 is 22.4 Å². The highest BCUT2D eigenvalue weighted by Crippen LogP contribution is 2.27. The summed E-state index contributed by atoms with van der Waals surface area (Å²) in [5.41, 5.74) is 2.16. The highest BCUT2D eigenvalue weighted by Gasteiger charge is 2.26. The third kappa shape index (κ3) is 5.63. The van der Waals surface area contributed by atoms with Gasteiger partial charge in [-0.2, -0.15) is 0 Å². The molecule has 0 spiro atoms. The fourth-order valence-electron chi connectivity index (χ4n) is 3.79. The topological polar surface area (TPSA) is 103 Å². The third-order valence-corrected chi connectivity index (χ3v) is 7.46. The van der Waals surface area contributed by atoms with Gasteiger partial charge in [0.15, 0.2) is 6.61 Å². The van der Waals surface area contributed by atoms with E-state index < -0.39 is 16.0 Å². The first-order valence-electron chi connectivity index (χ1n) is 11.8. The average Bonchev–Trinajstić information content (AvgIpc) is 3.45. The molecule has 0 unspecified atom stereocenters. The van der Waals surface area contributed by atoms with Gasteiger partial charge in [0.05, 0.1) is 22.7 Å². The lowest BCUT2D eigenvalue weighted by atomic mass is 10.2. The maximum atomic E-state index is 13.8. The molecule has 0 N–H and O–H groups in total. The normalized spacial score (nSPS) is 11.2. The van der Waals surface area contributed by atoms with Gasteiger partial charge in [0.25, 0.3) is 15.9 Å². The second kappa shape index (κ2) is 11.1. The van der Waals surface area contributed by atoms with Crippen molar-refractivity contribution >= 4 is 21.7 Å². The quantitative estimate of drug-likeness (QED) is 0.235. The van der Waals surface area contributed by atoms with Crippen molar-refractivity contribution in [3.63, 3.8) is 0 Å². The molecule has 4 aromatic carbocycles. The monoisotopic (exact) mass is 525 g/mol. The number of aromatic nitrogens is 2. The summed E-state index contributed by atoms with van der Waals surface area (Å²) in [5, 5.41) is 7.89. The van der Waals surface area contributed by atoms with Crippen LogP contribution >= 0.6 is 0 Å². The number of anilines is 1. The molecule has 1 aromatic heterocycles. The predicted molar refractivity (Wildman–Crippen MR) is 142 cm³/mol. The Morgan fingerprint density at radius 3 is 2.16 bits per heavy atom. The number of hydrogen-bond donors (Lipinski definition) is 0. The lowest BCUT2D eigenvalue weighted by Gasteiger charge is -2.25. The van der Waals surface area contributed by atoms with Crippen molar-refractivity contribution in [2.24, 2.45) is 0 Å². The molecule has 190 valence electrons. The Hall–Kier alpha value is -4.76. The first-order chi connectivity index (χ1) is 18.5. The number of para-hydroxylation sites is 1. The molecule has 0 radical (unpaired) electrons. The van der Waals surface area contributed by atoms with Crippen LogP contribution in [-0.2, 0) is 27.9 Å². The highest BCUT2D eigenvalue weighted by atomic mass is 32.2. The zero-order valence-electron chi connectivity index (χ0n) is 20.2. The van der Waals surface area contributed by atoms with Crippen molar-refractivity contribution in [3.8, 4) is 11.5 Å². The number of rotatable bonds is 9. The van der Waals surface area contributed by atoms with Crippen molar-refractivity contribution in [1.82, 2.24) is 10.2 Å². The summed E-state index contributed by atoms with van der Waals surface area (Å²) in [6, 6.07) is 33.1. The predicted octanol–water partition coefficient (Wildman–Crippen LogP) is 5.49. The Labute approximate surface area is 220 Å². The van der Waals surface area contributed by atoms with E-state index in [1.165, 1.54) is 28.6 Å². The van der Waals surface area contributed by atoms with Crippen molar-refractivity contribution in [3.05, 3.63) is 132 Å². The lowest BCUT2D eigenvalue weighted by Crippen LogP contribution is -2.30. The standard InChI is InChI=1S/C29H23N3O5S/c33-29(36-21-27-30-31-28(37-27)23-13-6-2-7-14-23)24-15-10-18-26(19-24)38(34,35)32(25-16-8-3-9-17-25)20-22-11-4-1-5-12-22/h1-19H,20-21H2. The number of ether oxygens (including phenoxy) is 1. The molecule has 0 fully saturated rings. The van der Waals surface area contributed by atoms with Gasteiger partial charge in [0.1, 0.15) is 0 Å². The molecule has 1 heterocycles. The van der Waals surface area contributed by atoms with Crippen LogP contribution in [0.1, 0.15) is 21.8 Å². The summed E-state index contributed by atoms with van der Waals surface area (Å²) in [4.78, 5) is 12.8. The van der Waals surface area contributed by atoms with E-state index in [2.05, 4.69) is 10.2 Å². The van der Waals surface area contributed by atoms with E-state index in [1.807, 2.05) is 66.7 Å². The second-order valence-corrected chi connectivity index (χ2v) is 10.2. The minimum Gasteiger partial charge on any atom is -0.452 e. The zero-order valence-corrected chi connectivity index (χ0v) is 21.0. The molecule has 5 aromatic rings. The second-order valence-electron chi connectivity index (χ2n) is 8.30. The van der Waals surface area contributed by atoms with Crippen LogP contribution in [0, 0.1) is 0 Å². The van der Waals surface area contributed by atoms with Crippen LogP contribution in [0.5, 0.6) is 0 Å². The van der Waals surface area contributed by atoms with Crippen LogP contribution < -0.4 is 4.31 Å². The molecule has 0 aliphatic heterocycles. The summed E-state index contributed by atoms with van der Waals surface area (Å²) < 4.78 is 39.8. The molecule has 0 atom stereocenters. The number of hydrogen-bond acceptors (Lipinski definition) is 7. The minimum atomic E-state index is -4.02. The molecule has 0 amide bonds. The Kier molecular flexibility index (Phi) is 7.28. The van der Waals surface area contributed by atoms with E-state index in [1.54, 1.807) is 24.3 Å². The van der Waals surface area contributed by atoms with Gasteiger partial charge in [0.2, 0.25) is 5.89 Å². The van der Waals surface area contributed by atoms with Gasteiger partial charge in [-0.1, -0.05) is 72.8 Å². The van der Waals surface area contributed by atoms with Gasteiger partial charge in [-0.25, -0.2) is 13.2 Å². The van der Waals surface area contributed by atoms with E-state index in [0.29, 0.717) is 11.6 Å². The fraction of sp³-hybridized carbons (Fsp3) is 0.0690. The van der Waals surface area contributed by atoms with Gasteiger partial charge in [0, 0.05) is 5.56 Å². The number of nitrogens with zero attached hydrogens (tertiary/aromatic N) is 3. The summed E-state index contributed by atoms with van der Waals surface area (Å²) >= 11 is 0. The van der Waals surface area contributed by atoms with Gasteiger partial charge < -0.3 is 9.15 Å². The maximum Gasteiger partial charge on any atom is 0.338 e. The molecule has 8 nitrogen and oxygen atoms in total. The van der Waals surface area contributed by atoms with Crippen molar-refractivity contribution in [2.45, 2.75) is 18.0 Å². The zero-order chi connectivity index (χ0) is 26.4. The van der Waals surface area contributed by atoms with E-state index >= 15 is 0 Å². The van der Waals surface area contributed by atoms with Gasteiger partial charge >= 0.3 is 5.97 Å². The molecule has 9 heteroatoms. The average molecular weight is 526 g/mol. The van der Waals surface area contributed by atoms with E-state index in [0.717, 1.165) is 11.1 Å². The number of carbonyl (C=O) groups is 1. The fourth-order valence-corrected chi connectivity index (χ4v) is 5.29. The first-order valence-corrected chi connectivity index (χ1v) is 13.2. The molecule has 5 rings (SSSR count). The molecule has 0 saturated heterocycles. The number of esters is 1. The van der Waals surface area contributed by atoms with E-state index in [-0.39, 0.29) is 29.5 Å². The van der Waals surface area contributed by atoms with Crippen LogP contribution in [0.25, 0.3) is 11.5 Å². The Morgan fingerprint density at radius 1 is 0.789 bits per heavy atom. The van der Waals surface area contributed by atoms with Crippen LogP contribution in [0.15, 0.2) is 125 Å². The Bertz CT molecular complexity index is 1620. The molecule has 38 heavy (non-hydrogen) atoms. The lowest BCUT2D eigenvalue weighted by molar-refractivity contribution is 0.0438. The molecule has 0 saturated carbocycles. The van der Waals surface area contributed by atoms with Crippen molar-refractivity contribution in [1.29, 1.82) is 0 Å². The summed E-state index contributed by atoms with van der Waals surface area (Å²) in [6.45, 7) is -0.122. The van der Waals surface area contributed by atoms with Gasteiger partial charge in [-0.15, -0.1) is 10.2 Å². The van der Waals surface area contributed by atoms with Gasteiger partial charge in [-0.05, 0) is 48.0 Å². The van der Waals surface area contributed by atoms with Crippen molar-refractivity contribution in [2.75, 3.05) is 4.31 Å². The summed E-state index contributed by atoms with van der Waals surface area (Å²) in [6.07, 6.45) is 0. The largest absolute Gasteiger partial charge is 0.452 e. The van der Waals surface area contributed by atoms with E-state index in [4.69, 9.17) is 9.15 Å². The van der Waals surface area contributed by atoms with E-state index in [9.17, 15) is 13.2 Å². The number of sulfonamides is 1. The maximum absolute atomic E-state index is 13.8. The SMILES string of the molecule is O=C(OCc1nnc(-c2ccccc2)o1)c1cccc(S(=O)(=O)N(Cc2ccccc2)c2ccccc2)c1. The third-order valence-electron chi connectivity index (χ3n) is 5.69. The molecular weight excluding hydrogens is 502 g/mol. The molecule has 0 aliphatic carbocycles. The smallest absolute Gasteiger partial charge is 0.338 e. The van der Waals surface area contributed by atoms with Crippen LogP contribution in [0.2, 0.25) is 0 Å². The molecule has 0 aliphatic rings.